The van der Waals surface area contributed by atoms with Crippen molar-refractivity contribution in [3.63, 3.8) is 0 Å². The predicted octanol–water partition coefficient (Wildman–Crippen LogP) is 0.587. The summed E-state index contributed by atoms with van der Waals surface area (Å²) in [6.07, 6.45) is 0.500. The van der Waals surface area contributed by atoms with Gasteiger partial charge in [0.15, 0.2) is 0 Å². The number of nitrogens with one attached hydrogen (secondary N) is 1. The van der Waals surface area contributed by atoms with Crippen molar-refractivity contribution in [3.05, 3.63) is 29.8 Å². The summed E-state index contributed by atoms with van der Waals surface area (Å²) in [5, 5.41) is 12.9. The molecule has 0 aliphatic carbocycles. The first-order valence-corrected chi connectivity index (χ1v) is 5.92. The molecule has 0 spiro atoms. The van der Waals surface area contributed by atoms with Crippen LogP contribution in [0.1, 0.15) is 5.56 Å². The van der Waals surface area contributed by atoms with Crippen LogP contribution in [0.5, 0.6) is 5.75 Å². The Morgan fingerprint density at radius 2 is 2.24 bits per heavy atom. The van der Waals surface area contributed by atoms with Gasteiger partial charge >= 0.3 is 0 Å². The Kier molecular flexibility index (Phi) is 4.36. The number of para-hydroxylation sites is 1. The topological polar surface area (TPSA) is 50.7 Å². The molecule has 1 aromatic carbocycles. The number of benzene rings is 1. The van der Waals surface area contributed by atoms with Crippen LogP contribution in [0.2, 0.25) is 0 Å². The summed E-state index contributed by atoms with van der Waals surface area (Å²) in [6.45, 7) is 1.84. The Balaban J connectivity index is 1.81. The first-order valence-electron chi connectivity index (χ1n) is 5.92. The Morgan fingerprint density at radius 1 is 1.41 bits per heavy atom. The minimum atomic E-state index is -0.382. The molecule has 1 fully saturated rings. The van der Waals surface area contributed by atoms with Gasteiger partial charge in [0.1, 0.15) is 5.75 Å². The molecule has 1 aromatic rings. The molecule has 17 heavy (non-hydrogen) atoms. The molecule has 4 heteroatoms. The van der Waals surface area contributed by atoms with Crippen LogP contribution in [-0.2, 0) is 11.2 Å². The van der Waals surface area contributed by atoms with Crippen molar-refractivity contribution >= 4 is 0 Å². The lowest BCUT2D eigenvalue weighted by Gasteiger charge is -2.15. The molecule has 1 aliphatic rings. The van der Waals surface area contributed by atoms with E-state index in [1.807, 2.05) is 18.2 Å². The molecule has 0 aromatic heterocycles. The van der Waals surface area contributed by atoms with E-state index in [1.165, 1.54) is 5.56 Å². The lowest BCUT2D eigenvalue weighted by Crippen LogP contribution is -2.39. The minimum Gasteiger partial charge on any atom is -0.496 e. The number of hydrogen-bond acceptors (Lipinski definition) is 4. The largest absolute Gasteiger partial charge is 0.496 e. The van der Waals surface area contributed by atoms with Crippen LogP contribution in [0.15, 0.2) is 24.3 Å². The number of aliphatic hydroxyl groups excluding tert-OH is 1. The van der Waals surface area contributed by atoms with E-state index in [0.717, 1.165) is 18.7 Å². The second kappa shape index (κ2) is 6.00. The van der Waals surface area contributed by atoms with Crippen LogP contribution in [0.3, 0.4) is 0 Å². The van der Waals surface area contributed by atoms with E-state index in [9.17, 15) is 5.11 Å². The molecule has 2 atom stereocenters. The maximum absolute atomic E-state index is 9.57. The van der Waals surface area contributed by atoms with Crippen molar-refractivity contribution in [2.75, 3.05) is 26.9 Å². The van der Waals surface area contributed by atoms with E-state index in [-0.39, 0.29) is 12.1 Å². The van der Waals surface area contributed by atoms with Crippen molar-refractivity contribution in [3.8, 4) is 5.75 Å². The molecule has 2 unspecified atom stereocenters. The monoisotopic (exact) mass is 237 g/mol. The SMILES string of the molecule is COc1ccccc1CCNC1COCC1O. The zero-order valence-corrected chi connectivity index (χ0v) is 10.1. The lowest BCUT2D eigenvalue weighted by molar-refractivity contribution is 0.122. The first-order chi connectivity index (χ1) is 8.31. The number of hydrogen-bond donors (Lipinski definition) is 2. The molecule has 2 rings (SSSR count). The fourth-order valence-electron chi connectivity index (χ4n) is 2.04. The van der Waals surface area contributed by atoms with Gasteiger partial charge in [-0.15, -0.1) is 0 Å². The number of methoxy groups -OCH3 is 1. The summed E-state index contributed by atoms with van der Waals surface area (Å²) in [5.74, 6) is 0.914. The normalized spacial score (nSPS) is 23.9. The summed E-state index contributed by atoms with van der Waals surface area (Å²) in [4.78, 5) is 0. The number of aliphatic hydroxyl groups is 1. The van der Waals surface area contributed by atoms with Gasteiger partial charge in [-0.3, -0.25) is 0 Å². The Labute approximate surface area is 102 Å². The zero-order valence-electron chi connectivity index (χ0n) is 10.1. The maximum atomic E-state index is 9.57. The predicted molar refractivity (Wildman–Crippen MR) is 65.3 cm³/mol. The molecule has 0 bridgehead atoms. The van der Waals surface area contributed by atoms with Gasteiger partial charge in [0, 0.05) is 0 Å². The summed E-state index contributed by atoms with van der Waals surface area (Å²) in [6, 6.07) is 8.05. The van der Waals surface area contributed by atoms with Gasteiger partial charge in [0.2, 0.25) is 0 Å². The third-order valence-corrected chi connectivity index (χ3v) is 3.04. The summed E-state index contributed by atoms with van der Waals surface area (Å²) < 4.78 is 10.5. The molecular formula is C13H19NO3. The van der Waals surface area contributed by atoms with Crippen molar-refractivity contribution in [2.45, 2.75) is 18.6 Å². The van der Waals surface area contributed by atoms with Crippen molar-refractivity contribution < 1.29 is 14.6 Å². The highest BCUT2D eigenvalue weighted by Crippen LogP contribution is 2.17. The van der Waals surface area contributed by atoms with Gasteiger partial charge in [-0.2, -0.15) is 0 Å². The van der Waals surface area contributed by atoms with Crippen molar-refractivity contribution in [1.82, 2.24) is 5.32 Å². The van der Waals surface area contributed by atoms with E-state index in [0.29, 0.717) is 13.2 Å². The van der Waals surface area contributed by atoms with Gasteiger partial charge in [-0.25, -0.2) is 0 Å². The minimum absolute atomic E-state index is 0.0599. The Hall–Kier alpha value is -1.10. The summed E-state index contributed by atoms with van der Waals surface area (Å²) >= 11 is 0. The molecule has 0 amide bonds. The van der Waals surface area contributed by atoms with E-state index in [2.05, 4.69) is 11.4 Å². The highest BCUT2D eigenvalue weighted by Gasteiger charge is 2.25. The molecule has 1 heterocycles. The lowest BCUT2D eigenvalue weighted by atomic mass is 10.1. The standard InChI is InChI=1S/C13H19NO3/c1-16-13-5-3-2-4-10(13)6-7-14-11-8-17-9-12(11)15/h2-5,11-12,14-15H,6-9H2,1H3. The third-order valence-electron chi connectivity index (χ3n) is 3.04. The molecule has 0 radical (unpaired) electrons. The molecule has 2 N–H and O–H groups in total. The highest BCUT2D eigenvalue weighted by atomic mass is 16.5. The van der Waals surface area contributed by atoms with Crippen LogP contribution in [0.25, 0.3) is 0 Å². The summed E-state index contributed by atoms with van der Waals surface area (Å²) in [7, 11) is 1.68. The van der Waals surface area contributed by atoms with Gasteiger partial charge in [0.05, 0.1) is 32.5 Å². The van der Waals surface area contributed by atoms with Crippen LogP contribution >= 0.6 is 0 Å². The van der Waals surface area contributed by atoms with Gasteiger partial charge in [0.25, 0.3) is 0 Å². The molecule has 1 saturated heterocycles. The number of rotatable bonds is 5. The fraction of sp³-hybridized carbons (Fsp3) is 0.538. The van der Waals surface area contributed by atoms with Gasteiger partial charge < -0.3 is 19.9 Å². The Bertz CT molecular complexity index is 356. The zero-order chi connectivity index (χ0) is 12.1. The smallest absolute Gasteiger partial charge is 0.122 e. The number of ether oxygens (including phenoxy) is 2. The van der Waals surface area contributed by atoms with E-state index in [1.54, 1.807) is 7.11 Å². The van der Waals surface area contributed by atoms with Gasteiger partial charge in [-0.1, -0.05) is 18.2 Å². The van der Waals surface area contributed by atoms with E-state index >= 15 is 0 Å². The van der Waals surface area contributed by atoms with E-state index in [4.69, 9.17) is 9.47 Å². The first kappa shape index (κ1) is 12.4. The van der Waals surface area contributed by atoms with Crippen molar-refractivity contribution in [2.24, 2.45) is 0 Å². The van der Waals surface area contributed by atoms with Crippen LogP contribution < -0.4 is 10.1 Å². The summed E-state index contributed by atoms with van der Waals surface area (Å²) in [5.41, 5.74) is 1.18. The molecule has 0 saturated carbocycles. The molecule has 4 nitrogen and oxygen atoms in total. The van der Waals surface area contributed by atoms with Crippen LogP contribution in [0, 0.1) is 0 Å². The molecule has 94 valence electrons. The van der Waals surface area contributed by atoms with Gasteiger partial charge in [-0.05, 0) is 24.6 Å². The second-order valence-corrected chi connectivity index (χ2v) is 4.23. The average Bonchev–Trinajstić information content (AvgIpc) is 2.76. The second-order valence-electron chi connectivity index (χ2n) is 4.23. The fourth-order valence-corrected chi connectivity index (χ4v) is 2.04. The quantitative estimate of drug-likeness (QED) is 0.787. The average molecular weight is 237 g/mol. The van der Waals surface area contributed by atoms with Crippen LogP contribution in [0.4, 0.5) is 0 Å². The third kappa shape index (κ3) is 3.19. The molecular weight excluding hydrogens is 218 g/mol. The highest BCUT2D eigenvalue weighted by molar-refractivity contribution is 5.33. The Morgan fingerprint density at radius 3 is 2.94 bits per heavy atom. The van der Waals surface area contributed by atoms with Crippen LogP contribution in [-0.4, -0.2) is 44.1 Å². The van der Waals surface area contributed by atoms with E-state index < -0.39 is 0 Å². The van der Waals surface area contributed by atoms with Crippen molar-refractivity contribution in [1.29, 1.82) is 0 Å². The molecule has 1 aliphatic heterocycles. The maximum Gasteiger partial charge on any atom is 0.122 e.